The lowest BCUT2D eigenvalue weighted by Gasteiger charge is -2.12. The molecule has 0 aliphatic heterocycles. The lowest BCUT2D eigenvalue weighted by atomic mass is 9.91. The molecule has 0 heterocycles. The van der Waals surface area contributed by atoms with Gasteiger partial charge in [-0.1, -0.05) is 36.3 Å². The molecule has 0 aromatic heterocycles. The summed E-state index contributed by atoms with van der Waals surface area (Å²) in [5.41, 5.74) is 4.58. The van der Waals surface area contributed by atoms with Gasteiger partial charge in [0, 0.05) is 5.92 Å². The second-order valence-electron chi connectivity index (χ2n) is 4.90. The first-order valence-corrected chi connectivity index (χ1v) is 6.38. The molecule has 0 amide bonds. The molecular formula is C18H17F. The van der Waals surface area contributed by atoms with Crippen molar-refractivity contribution in [2.45, 2.75) is 26.2 Å². The molecule has 96 valence electrons. The van der Waals surface area contributed by atoms with Gasteiger partial charge in [-0.05, 0) is 54.7 Å². The van der Waals surface area contributed by atoms with Crippen molar-refractivity contribution < 1.29 is 4.39 Å². The standard InChI is InChI=1S/C18H17F/c1-4-16(17-6-5-7-18(19)12-17)11-15-9-8-13(2)14(3)10-15/h1,5-10,12,16H,11H2,2-3H3. The average Bonchev–Trinajstić information content (AvgIpc) is 2.40. The molecule has 0 saturated carbocycles. The topological polar surface area (TPSA) is 0 Å². The summed E-state index contributed by atoms with van der Waals surface area (Å²) in [5, 5.41) is 0. The van der Waals surface area contributed by atoms with E-state index in [2.05, 4.69) is 38.0 Å². The van der Waals surface area contributed by atoms with E-state index >= 15 is 0 Å². The maximum atomic E-state index is 13.3. The summed E-state index contributed by atoms with van der Waals surface area (Å²) in [4.78, 5) is 0. The summed E-state index contributed by atoms with van der Waals surface area (Å²) in [5.74, 6) is 2.44. The van der Waals surface area contributed by atoms with E-state index in [-0.39, 0.29) is 11.7 Å². The van der Waals surface area contributed by atoms with Crippen LogP contribution in [-0.2, 0) is 6.42 Å². The minimum atomic E-state index is -0.238. The fourth-order valence-corrected chi connectivity index (χ4v) is 2.16. The Morgan fingerprint density at radius 2 is 1.89 bits per heavy atom. The Morgan fingerprint density at radius 1 is 1.11 bits per heavy atom. The summed E-state index contributed by atoms with van der Waals surface area (Å²) in [7, 11) is 0. The summed E-state index contributed by atoms with van der Waals surface area (Å²) in [6.45, 7) is 4.18. The van der Waals surface area contributed by atoms with Gasteiger partial charge in [0.25, 0.3) is 0 Å². The molecule has 2 aromatic rings. The molecule has 0 aliphatic carbocycles. The van der Waals surface area contributed by atoms with Crippen molar-refractivity contribution in [3.05, 3.63) is 70.5 Å². The Hall–Kier alpha value is -2.07. The van der Waals surface area contributed by atoms with Crippen molar-refractivity contribution >= 4 is 0 Å². The summed E-state index contributed by atoms with van der Waals surface area (Å²) in [6.07, 6.45) is 6.34. The van der Waals surface area contributed by atoms with Crippen molar-refractivity contribution in [2.75, 3.05) is 0 Å². The van der Waals surface area contributed by atoms with Crippen LogP contribution in [0.3, 0.4) is 0 Å². The van der Waals surface area contributed by atoms with Gasteiger partial charge in [-0.15, -0.1) is 6.42 Å². The van der Waals surface area contributed by atoms with Crippen LogP contribution in [-0.4, -0.2) is 0 Å². The van der Waals surface area contributed by atoms with Gasteiger partial charge in [-0.25, -0.2) is 4.39 Å². The smallest absolute Gasteiger partial charge is 0.123 e. The molecule has 0 radical (unpaired) electrons. The summed E-state index contributed by atoms with van der Waals surface area (Å²) in [6, 6.07) is 12.9. The van der Waals surface area contributed by atoms with Crippen LogP contribution in [0.1, 0.15) is 28.2 Å². The minimum absolute atomic E-state index is 0.0854. The van der Waals surface area contributed by atoms with Crippen LogP contribution in [0.2, 0.25) is 0 Å². The van der Waals surface area contributed by atoms with E-state index in [4.69, 9.17) is 6.42 Å². The number of rotatable bonds is 3. The second-order valence-corrected chi connectivity index (χ2v) is 4.90. The number of aryl methyl sites for hydroxylation is 2. The third kappa shape index (κ3) is 3.23. The molecule has 2 aromatic carbocycles. The molecule has 19 heavy (non-hydrogen) atoms. The molecule has 2 rings (SSSR count). The molecule has 1 atom stereocenters. The van der Waals surface area contributed by atoms with Gasteiger partial charge >= 0.3 is 0 Å². The zero-order valence-electron chi connectivity index (χ0n) is 11.3. The maximum absolute atomic E-state index is 13.3. The molecule has 0 bridgehead atoms. The van der Waals surface area contributed by atoms with Crippen LogP contribution in [0.25, 0.3) is 0 Å². The monoisotopic (exact) mass is 252 g/mol. The minimum Gasteiger partial charge on any atom is -0.207 e. The van der Waals surface area contributed by atoms with E-state index in [0.29, 0.717) is 0 Å². The zero-order valence-corrected chi connectivity index (χ0v) is 11.3. The number of halogens is 1. The second kappa shape index (κ2) is 5.71. The quantitative estimate of drug-likeness (QED) is 0.710. The van der Waals surface area contributed by atoms with Crippen LogP contribution < -0.4 is 0 Å². The van der Waals surface area contributed by atoms with Crippen molar-refractivity contribution in [1.29, 1.82) is 0 Å². The van der Waals surface area contributed by atoms with E-state index in [0.717, 1.165) is 12.0 Å². The van der Waals surface area contributed by atoms with Gasteiger partial charge in [0.1, 0.15) is 5.82 Å². The normalized spacial score (nSPS) is 11.9. The Labute approximate surface area is 114 Å². The highest BCUT2D eigenvalue weighted by Gasteiger charge is 2.10. The molecule has 1 unspecified atom stereocenters. The zero-order chi connectivity index (χ0) is 13.8. The van der Waals surface area contributed by atoms with Crippen LogP contribution in [0.5, 0.6) is 0 Å². The Balaban J connectivity index is 2.24. The van der Waals surface area contributed by atoms with E-state index in [1.54, 1.807) is 6.07 Å². The largest absolute Gasteiger partial charge is 0.207 e. The number of benzene rings is 2. The lowest BCUT2D eigenvalue weighted by Crippen LogP contribution is -2.01. The lowest BCUT2D eigenvalue weighted by molar-refractivity contribution is 0.624. The van der Waals surface area contributed by atoms with Crippen LogP contribution >= 0.6 is 0 Å². The molecule has 0 nitrogen and oxygen atoms in total. The highest BCUT2D eigenvalue weighted by molar-refractivity contribution is 5.34. The average molecular weight is 252 g/mol. The van der Waals surface area contributed by atoms with Crippen molar-refractivity contribution in [1.82, 2.24) is 0 Å². The SMILES string of the molecule is C#CC(Cc1ccc(C)c(C)c1)c1cccc(F)c1. The third-order valence-corrected chi connectivity index (χ3v) is 3.46. The fourth-order valence-electron chi connectivity index (χ4n) is 2.16. The molecule has 0 spiro atoms. The van der Waals surface area contributed by atoms with Gasteiger partial charge in [0.15, 0.2) is 0 Å². The van der Waals surface area contributed by atoms with Gasteiger partial charge in [-0.3, -0.25) is 0 Å². The Bertz CT molecular complexity index is 620. The molecule has 0 N–H and O–H groups in total. The highest BCUT2D eigenvalue weighted by atomic mass is 19.1. The Kier molecular flexibility index (Phi) is 4.02. The fraction of sp³-hybridized carbons (Fsp3) is 0.222. The molecule has 0 saturated heterocycles. The summed E-state index contributed by atoms with van der Waals surface area (Å²) >= 11 is 0. The van der Waals surface area contributed by atoms with Gasteiger partial charge in [0.2, 0.25) is 0 Å². The maximum Gasteiger partial charge on any atom is 0.123 e. The van der Waals surface area contributed by atoms with Crippen molar-refractivity contribution in [3.63, 3.8) is 0 Å². The van der Waals surface area contributed by atoms with E-state index in [9.17, 15) is 4.39 Å². The van der Waals surface area contributed by atoms with Crippen molar-refractivity contribution in [3.8, 4) is 12.3 Å². The van der Waals surface area contributed by atoms with E-state index < -0.39 is 0 Å². The first-order chi connectivity index (χ1) is 9.10. The predicted octanol–water partition coefficient (Wildman–Crippen LogP) is 4.40. The van der Waals surface area contributed by atoms with Crippen LogP contribution in [0, 0.1) is 32.0 Å². The van der Waals surface area contributed by atoms with Crippen molar-refractivity contribution in [2.24, 2.45) is 0 Å². The molecule has 0 aliphatic rings. The molecule has 0 fully saturated rings. The molecule has 1 heteroatoms. The van der Waals surface area contributed by atoms with Crippen LogP contribution in [0.4, 0.5) is 4.39 Å². The predicted molar refractivity (Wildman–Crippen MR) is 77.6 cm³/mol. The number of terminal acetylenes is 1. The van der Waals surface area contributed by atoms with E-state index in [1.165, 1.54) is 28.8 Å². The third-order valence-electron chi connectivity index (χ3n) is 3.46. The van der Waals surface area contributed by atoms with E-state index in [1.807, 2.05) is 6.07 Å². The van der Waals surface area contributed by atoms with Gasteiger partial charge < -0.3 is 0 Å². The summed E-state index contributed by atoms with van der Waals surface area (Å²) < 4.78 is 13.3. The number of hydrogen-bond donors (Lipinski definition) is 0. The highest BCUT2D eigenvalue weighted by Crippen LogP contribution is 2.22. The first-order valence-electron chi connectivity index (χ1n) is 6.38. The molecular weight excluding hydrogens is 235 g/mol. The van der Waals surface area contributed by atoms with Crippen LogP contribution in [0.15, 0.2) is 42.5 Å². The van der Waals surface area contributed by atoms with Gasteiger partial charge in [-0.2, -0.15) is 0 Å². The first kappa shape index (κ1) is 13.4. The Morgan fingerprint density at radius 3 is 2.53 bits per heavy atom. The van der Waals surface area contributed by atoms with Gasteiger partial charge in [0.05, 0.1) is 0 Å². The number of hydrogen-bond acceptors (Lipinski definition) is 0.